The number of hydrogen-bond donors (Lipinski definition) is 1. The highest BCUT2D eigenvalue weighted by atomic mass is 35.5. The van der Waals surface area contributed by atoms with Crippen molar-refractivity contribution in [2.24, 2.45) is 0 Å². The normalized spacial score (nSPS) is 23.8. The molecule has 154 valence electrons. The third-order valence-corrected chi connectivity index (χ3v) is 5.32. The topological polar surface area (TPSA) is 73.3 Å². The summed E-state index contributed by atoms with van der Waals surface area (Å²) in [4.78, 5) is 30.4. The van der Waals surface area contributed by atoms with Crippen LogP contribution in [0.1, 0.15) is 31.1 Å². The number of piperazine rings is 1. The second-order valence-corrected chi connectivity index (χ2v) is 8.79. The van der Waals surface area contributed by atoms with Crippen LogP contribution in [0.4, 0.5) is 4.79 Å². The molecule has 28 heavy (non-hydrogen) atoms. The van der Waals surface area contributed by atoms with Gasteiger partial charge in [0.05, 0.1) is 18.7 Å². The van der Waals surface area contributed by atoms with Crippen molar-refractivity contribution in [2.75, 3.05) is 39.3 Å². The SMILES string of the molecule is CC(C)(C)OC(=O)N1CC(N2CCN(C(=O)c3ccc(Cl)cc3)CC2)[C@@H](O)C1. The Balaban J connectivity index is 1.54. The summed E-state index contributed by atoms with van der Waals surface area (Å²) in [7, 11) is 0. The molecule has 0 spiro atoms. The fraction of sp³-hybridized carbons (Fsp3) is 0.600. The Bertz CT molecular complexity index is 711. The Labute approximate surface area is 170 Å². The average molecular weight is 410 g/mol. The third-order valence-electron chi connectivity index (χ3n) is 5.07. The summed E-state index contributed by atoms with van der Waals surface area (Å²) in [5, 5.41) is 11.1. The number of aliphatic hydroxyl groups excluding tert-OH is 1. The maximum absolute atomic E-state index is 12.6. The fourth-order valence-corrected chi connectivity index (χ4v) is 3.76. The summed E-state index contributed by atoms with van der Waals surface area (Å²) in [6.07, 6.45) is -1.02. The van der Waals surface area contributed by atoms with Gasteiger partial charge in [0, 0.05) is 43.3 Å². The van der Waals surface area contributed by atoms with E-state index in [0.717, 1.165) is 0 Å². The van der Waals surface area contributed by atoms with Crippen LogP contribution >= 0.6 is 11.6 Å². The maximum atomic E-state index is 12.6. The maximum Gasteiger partial charge on any atom is 0.410 e. The molecule has 1 N–H and O–H groups in total. The molecule has 0 saturated carbocycles. The van der Waals surface area contributed by atoms with Crippen molar-refractivity contribution in [2.45, 2.75) is 38.5 Å². The Morgan fingerprint density at radius 3 is 2.21 bits per heavy atom. The minimum atomic E-state index is -0.619. The Kier molecular flexibility index (Phi) is 6.17. The summed E-state index contributed by atoms with van der Waals surface area (Å²) in [5.74, 6) is -0.0151. The van der Waals surface area contributed by atoms with Crippen molar-refractivity contribution in [3.8, 4) is 0 Å². The van der Waals surface area contributed by atoms with Gasteiger partial charge in [0.1, 0.15) is 5.60 Å². The van der Waals surface area contributed by atoms with Gasteiger partial charge in [-0.1, -0.05) is 11.6 Å². The lowest BCUT2D eigenvalue weighted by molar-refractivity contribution is 0.0268. The van der Waals surface area contributed by atoms with E-state index in [1.54, 1.807) is 29.2 Å². The molecule has 3 rings (SSSR count). The summed E-state index contributed by atoms with van der Waals surface area (Å²) < 4.78 is 5.41. The number of halogens is 1. The standard InChI is InChI=1S/C20H28ClN3O4/c1-20(2,3)28-19(27)24-12-16(17(25)13-24)22-8-10-23(11-9-22)18(26)14-4-6-15(21)7-5-14/h4-7,16-17,25H,8-13H2,1-3H3/t16?,17-/m0/s1. The molecular formula is C20H28ClN3O4. The van der Waals surface area contributed by atoms with Gasteiger partial charge in [-0.3, -0.25) is 9.69 Å². The number of aliphatic hydroxyl groups is 1. The molecule has 8 heteroatoms. The van der Waals surface area contributed by atoms with E-state index < -0.39 is 17.8 Å². The summed E-state index contributed by atoms with van der Waals surface area (Å²) in [6, 6.07) is 6.75. The Morgan fingerprint density at radius 1 is 1.04 bits per heavy atom. The number of benzene rings is 1. The number of hydrogen-bond acceptors (Lipinski definition) is 5. The number of β-amino-alcohol motifs (C(OH)–C–C–N with tert-alkyl or cyclic N) is 1. The highest BCUT2D eigenvalue weighted by Gasteiger charge is 2.40. The molecule has 2 aliphatic heterocycles. The highest BCUT2D eigenvalue weighted by Crippen LogP contribution is 2.21. The van der Waals surface area contributed by atoms with Crippen LogP contribution in [-0.4, -0.2) is 88.8 Å². The number of rotatable bonds is 2. The van der Waals surface area contributed by atoms with E-state index in [4.69, 9.17) is 16.3 Å². The smallest absolute Gasteiger partial charge is 0.410 e. The van der Waals surface area contributed by atoms with E-state index in [2.05, 4.69) is 4.90 Å². The zero-order valence-electron chi connectivity index (χ0n) is 16.6. The van der Waals surface area contributed by atoms with Gasteiger partial charge in [0.2, 0.25) is 0 Å². The van der Waals surface area contributed by atoms with E-state index in [9.17, 15) is 14.7 Å². The molecule has 2 heterocycles. The van der Waals surface area contributed by atoms with E-state index in [1.165, 1.54) is 0 Å². The quantitative estimate of drug-likeness (QED) is 0.809. The molecule has 0 radical (unpaired) electrons. The van der Waals surface area contributed by atoms with Gasteiger partial charge in [-0.25, -0.2) is 4.79 Å². The molecule has 2 aliphatic rings. The number of carbonyl (C=O) groups is 2. The molecular weight excluding hydrogens is 382 g/mol. The summed E-state index contributed by atoms with van der Waals surface area (Å²) >= 11 is 5.88. The number of likely N-dealkylation sites (tertiary alicyclic amines) is 1. The van der Waals surface area contributed by atoms with Gasteiger partial charge >= 0.3 is 6.09 Å². The lowest BCUT2D eigenvalue weighted by Crippen LogP contribution is -2.55. The van der Waals surface area contributed by atoms with Crippen LogP contribution in [0, 0.1) is 0 Å². The van der Waals surface area contributed by atoms with Crippen LogP contribution < -0.4 is 0 Å². The second kappa shape index (κ2) is 8.27. The summed E-state index contributed by atoms with van der Waals surface area (Å²) in [6.45, 7) is 8.65. The largest absolute Gasteiger partial charge is 0.444 e. The van der Waals surface area contributed by atoms with Crippen molar-refractivity contribution < 1.29 is 19.4 Å². The van der Waals surface area contributed by atoms with Crippen LogP contribution in [0.15, 0.2) is 24.3 Å². The first-order chi connectivity index (χ1) is 13.1. The first-order valence-corrected chi connectivity index (χ1v) is 9.97. The van der Waals surface area contributed by atoms with Crippen LogP contribution in [0.5, 0.6) is 0 Å². The zero-order valence-corrected chi connectivity index (χ0v) is 17.4. The van der Waals surface area contributed by atoms with Gasteiger partial charge in [-0.2, -0.15) is 0 Å². The highest BCUT2D eigenvalue weighted by molar-refractivity contribution is 6.30. The fourth-order valence-electron chi connectivity index (χ4n) is 3.64. The molecule has 0 aromatic heterocycles. The van der Waals surface area contributed by atoms with Crippen molar-refractivity contribution in [1.82, 2.24) is 14.7 Å². The lowest BCUT2D eigenvalue weighted by atomic mass is 10.1. The average Bonchev–Trinajstić information content (AvgIpc) is 3.02. The van der Waals surface area contributed by atoms with Gasteiger partial charge in [-0.15, -0.1) is 0 Å². The van der Waals surface area contributed by atoms with Crippen molar-refractivity contribution >= 4 is 23.6 Å². The molecule has 2 fully saturated rings. The second-order valence-electron chi connectivity index (χ2n) is 8.36. The van der Waals surface area contributed by atoms with E-state index in [1.807, 2.05) is 25.7 Å². The minimum Gasteiger partial charge on any atom is -0.444 e. The van der Waals surface area contributed by atoms with Crippen molar-refractivity contribution in [3.63, 3.8) is 0 Å². The van der Waals surface area contributed by atoms with E-state index in [0.29, 0.717) is 43.3 Å². The first-order valence-electron chi connectivity index (χ1n) is 9.59. The van der Waals surface area contributed by atoms with Crippen LogP contribution in [-0.2, 0) is 4.74 Å². The Morgan fingerprint density at radius 2 is 1.64 bits per heavy atom. The van der Waals surface area contributed by atoms with E-state index in [-0.39, 0.29) is 18.5 Å². The van der Waals surface area contributed by atoms with Gasteiger partial charge in [-0.05, 0) is 45.0 Å². The van der Waals surface area contributed by atoms with Crippen molar-refractivity contribution in [3.05, 3.63) is 34.9 Å². The minimum absolute atomic E-state index is 0.0151. The van der Waals surface area contributed by atoms with Gasteiger partial charge < -0.3 is 19.6 Å². The van der Waals surface area contributed by atoms with E-state index >= 15 is 0 Å². The molecule has 7 nitrogen and oxygen atoms in total. The van der Waals surface area contributed by atoms with Crippen LogP contribution in [0.3, 0.4) is 0 Å². The molecule has 1 aromatic rings. The molecule has 0 bridgehead atoms. The third kappa shape index (κ3) is 4.96. The number of carbonyl (C=O) groups excluding carboxylic acids is 2. The zero-order chi connectivity index (χ0) is 20.5. The molecule has 2 amide bonds. The number of amides is 2. The number of nitrogens with zero attached hydrogens (tertiary/aromatic N) is 3. The predicted octanol–water partition coefficient (Wildman–Crippen LogP) is 2.08. The molecule has 1 unspecified atom stereocenters. The first kappa shape index (κ1) is 20.9. The molecule has 1 aromatic carbocycles. The lowest BCUT2D eigenvalue weighted by Gasteiger charge is -2.38. The predicted molar refractivity (Wildman–Crippen MR) is 107 cm³/mol. The van der Waals surface area contributed by atoms with Crippen molar-refractivity contribution in [1.29, 1.82) is 0 Å². The van der Waals surface area contributed by atoms with Gasteiger partial charge in [0.25, 0.3) is 5.91 Å². The molecule has 2 atom stereocenters. The molecule has 0 aliphatic carbocycles. The van der Waals surface area contributed by atoms with Crippen LogP contribution in [0.2, 0.25) is 5.02 Å². The van der Waals surface area contributed by atoms with Gasteiger partial charge in [0.15, 0.2) is 0 Å². The summed E-state index contributed by atoms with van der Waals surface area (Å²) in [5.41, 5.74) is 0.0585. The van der Waals surface area contributed by atoms with Crippen LogP contribution in [0.25, 0.3) is 0 Å². The Hall–Kier alpha value is -1.83. The molecule has 2 saturated heterocycles. The monoisotopic (exact) mass is 409 g/mol. The number of ether oxygens (including phenoxy) is 1.